The minimum Gasteiger partial charge on any atom is -0.394 e. The van der Waals surface area contributed by atoms with Gasteiger partial charge in [-0.2, -0.15) is 0 Å². The number of ether oxygens (including phenoxy) is 1. The third kappa shape index (κ3) is 3.71. The van der Waals surface area contributed by atoms with Gasteiger partial charge in [-0.1, -0.05) is 23.2 Å². The van der Waals surface area contributed by atoms with E-state index < -0.39 is 11.0 Å². The number of methoxy groups -OCH3 is 1. The van der Waals surface area contributed by atoms with Crippen LogP contribution >= 0.6 is 23.2 Å². The molecule has 8 heteroatoms. The third-order valence-corrected chi connectivity index (χ3v) is 2.91. The van der Waals surface area contributed by atoms with Crippen molar-refractivity contribution in [1.29, 1.82) is 0 Å². The molecule has 0 fully saturated rings. The van der Waals surface area contributed by atoms with Gasteiger partial charge in [-0.15, -0.1) is 0 Å². The molecule has 1 rings (SSSR count). The molecule has 6 nitrogen and oxygen atoms in total. The molecule has 18 heavy (non-hydrogen) atoms. The Hall–Kier alpha value is -1.08. The summed E-state index contributed by atoms with van der Waals surface area (Å²) < 4.78 is 4.87. The summed E-state index contributed by atoms with van der Waals surface area (Å²) in [7, 11) is 1.47. The molecule has 0 aromatic heterocycles. The maximum atomic E-state index is 10.9. The Morgan fingerprint density at radius 1 is 1.50 bits per heavy atom. The zero-order chi connectivity index (χ0) is 13.7. The van der Waals surface area contributed by atoms with Gasteiger partial charge in [-0.25, -0.2) is 0 Å². The fourth-order valence-electron chi connectivity index (χ4n) is 1.36. The number of anilines is 1. The van der Waals surface area contributed by atoms with Gasteiger partial charge in [0.1, 0.15) is 5.69 Å². The highest BCUT2D eigenvalue weighted by atomic mass is 35.5. The number of benzene rings is 1. The van der Waals surface area contributed by atoms with Crippen LogP contribution in [0.3, 0.4) is 0 Å². The molecule has 0 saturated carbocycles. The number of aliphatic hydroxyl groups is 1. The highest BCUT2D eigenvalue weighted by Crippen LogP contribution is 2.34. The van der Waals surface area contributed by atoms with Crippen molar-refractivity contribution in [2.24, 2.45) is 0 Å². The van der Waals surface area contributed by atoms with Crippen molar-refractivity contribution in [3.8, 4) is 0 Å². The Kier molecular flexibility index (Phi) is 5.61. The zero-order valence-electron chi connectivity index (χ0n) is 9.52. The maximum Gasteiger partial charge on any atom is 0.293 e. The van der Waals surface area contributed by atoms with Crippen molar-refractivity contribution < 1.29 is 14.8 Å². The first-order chi connectivity index (χ1) is 8.49. The number of nitro groups is 1. The summed E-state index contributed by atoms with van der Waals surface area (Å²) in [6.07, 6.45) is 0. The third-order valence-electron chi connectivity index (χ3n) is 2.18. The molecule has 0 spiro atoms. The number of rotatable bonds is 6. The number of nitrogens with one attached hydrogen (secondary N) is 1. The van der Waals surface area contributed by atoms with E-state index in [1.165, 1.54) is 13.2 Å². The lowest BCUT2D eigenvalue weighted by molar-refractivity contribution is -0.384. The van der Waals surface area contributed by atoms with E-state index >= 15 is 0 Å². The van der Waals surface area contributed by atoms with E-state index in [1.807, 2.05) is 0 Å². The molecule has 1 unspecified atom stereocenters. The van der Waals surface area contributed by atoms with E-state index in [9.17, 15) is 10.1 Å². The first-order valence-electron chi connectivity index (χ1n) is 4.99. The minimum atomic E-state index is -0.578. The van der Waals surface area contributed by atoms with Crippen LogP contribution in [0.5, 0.6) is 0 Å². The fraction of sp³-hybridized carbons (Fsp3) is 0.400. The average molecular weight is 295 g/mol. The molecule has 0 aliphatic rings. The van der Waals surface area contributed by atoms with Crippen molar-refractivity contribution in [3.63, 3.8) is 0 Å². The number of halogens is 2. The van der Waals surface area contributed by atoms with Crippen LogP contribution < -0.4 is 5.32 Å². The summed E-state index contributed by atoms with van der Waals surface area (Å²) in [5.74, 6) is 0. The molecule has 2 N–H and O–H groups in total. The fourth-order valence-corrected chi connectivity index (χ4v) is 1.69. The maximum absolute atomic E-state index is 10.9. The van der Waals surface area contributed by atoms with Gasteiger partial charge < -0.3 is 15.2 Å². The predicted octanol–water partition coefficient (Wildman–Crippen LogP) is 2.32. The van der Waals surface area contributed by atoms with Gasteiger partial charge in [0.2, 0.25) is 0 Å². The van der Waals surface area contributed by atoms with Crippen LogP contribution in [0.25, 0.3) is 0 Å². The van der Waals surface area contributed by atoms with Gasteiger partial charge >= 0.3 is 0 Å². The van der Waals surface area contributed by atoms with Crippen LogP contribution in [0.15, 0.2) is 12.1 Å². The summed E-state index contributed by atoms with van der Waals surface area (Å²) in [4.78, 5) is 10.3. The smallest absolute Gasteiger partial charge is 0.293 e. The van der Waals surface area contributed by atoms with Gasteiger partial charge in [0.15, 0.2) is 0 Å². The van der Waals surface area contributed by atoms with Gasteiger partial charge in [0, 0.05) is 13.2 Å². The van der Waals surface area contributed by atoms with Crippen LogP contribution in [-0.2, 0) is 4.74 Å². The van der Waals surface area contributed by atoms with Crippen LogP contribution in [0, 0.1) is 10.1 Å². The Labute approximate surface area is 114 Å². The Morgan fingerprint density at radius 2 is 2.11 bits per heavy atom. The van der Waals surface area contributed by atoms with Gasteiger partial charge in [0.25, 0.3) is 5.69 Å². The summed E-state index contributed by atoms with van der Waals surface area (Å²) in [6, 6.07) is 2.04. The lowest BCUT2D eigenvalue weighted by Gasteiger charge is -2.16. The minimum absolute atomic E-state index is 0.0983. The lowest BCUT2D eigenvalue weighted by atomic mass is 10.2. The summed E-state index contributed by atoms with van der Waals surface area (Å²) in [6.45, 7) is -0.0286. The summed E-state index contributed by atoms with van der Waals surface area (Å²) in [5, 5.41) is 23.1. The largest absolute Gasteiger partial charge is 0.394 e. The van der Waals surface area contributed by atoms with E-state index in [0.29, 0.717) is 0 Å². The zero-order valence-corrected chi connectivity index (χ0v) is 11.0. The molecule has 0 heterocycles. The van der Waals surface area contributed by atoms with Crippen LogP contribution in [0.2, 0.25) is 10.0 Å². The molecular formula is C10H12Cl2N2O4. The van der Waals surface area contributed by atoms with Crippen molar-refractivity contribution in [1.82, 2.24) is 0 Å². The van der Waals surface area contributed by atoms with E-state index in [-0.39, 0.29) is 34.6 Å². The first-order valence-corrected chi connectivity index (χ1v) is 5.75. The van der Waals surface area contributed by atoms with Gasteiger partial charge in [0.05, 0.1) is 34.2 Å². The quantitative estimate of drug-likeness (QED) is 0.621. The SMILES string of the molecule is COCC(CO)Nc1cc(Cl)c(Cl)cc1[N+](=O)[O-]. The molecule has 1 aromatic rings. The number of nitrogens with zero attached hydrogens (tertiary/aromatic N) is 1. The first kappa shape index (κ1) is 15.0. The molecule has 100 valence electrons. The standard InChI is InChI=1S/C10H12Cl2N2O4/c1-18-5-6(4-15)13-9-2-7(11)8(12)3-10(9)14(16)17/h2-3,6,13,15H,4-5H2,1H3. The Morgan fingerprint density at radius 3 is 2.61 bits per heavy atom. The van der Waals surface area contributed by atoms with Crippen molar-refractivity contribution in [2.45, 2.75) is 6.04 Å². The van der Waals surface area contributed by atoms with E-state index in [2.05, 4.69) is 5.32 Å². The number of aliphatic hydroxyl groups excluding tert-OH is 1. The second-order valence-electron chi connectivity index (χ2n) is 3.52. The topological polar surface area (TPSA) is 84.6 Å². The Balaban J connectivity index is 3.06. The number of hydrogen-bond acceptors (Lipinski definition) is 5. The summed E-state index contributed by atoms with van der Waals surface area (Å²) >= 11 is 11.5. The Bertz CT molecular complexity index is 442. The second kappa shape index (κ2) is 6.75. The molecule has 1 atom stereocenters. The highest BCUT2D eigenvalue weighted by Gasteiger charge is 2.19. The van der Waals surface area contributed by atoms with Crippen LogP contribution in [0.1, 0.15) is 0 Å². The van der Waals surface area contributed by atoms with Gasteiger partial charge in [-0.05, 0) is 6.07 Å². The predicted molar refractivity (Wildman–Crippen MR) is 69.5 cm³/mol. The van der Waals surface area contributed by atoms with Crippen molar-refractivity contribution >= 4 is 34.6 Å². The normalized spacial score (nSPS) is 12.2. The number of nitro benzene ring substituents is 1. The second-order valence-corrected chi connectivity index (χ2v) is 4.33. The lowest BCUT2D eigenvalue weighted by Crippen LogP contribution is -2.29. The van der Waals surface area contributed by atoms with Crippen LogP contribution in [0.4, 0.5) is 11.4 Å². The molecule has 0 bridgehead atoms. The van der Waals surface area contributed by atoms with Crippen LogP contribution in [-0.4, -0.2) is 36.4 Å². The van der Waals surface area contributed by atoms with Crippen molar-refractivity contribution in [2.75, 3.05) is 25.6 Å². The highest BCUT2D eigenvalue weighted by molar-refractivity contribution is 6.42. The summed E-state index contributed by atoms with van der Waals surface area (Å²) in [5.41, 5.74) is -0.0237. The van der Waals surface area contributed by atoms with E-state index in [1.54, 1.807) is 0 Å². The van der Waals surface area contributed by atoms with E-state index in [0.717, 1.165) is 6.07 Å². The van der Waals surface area contributed by atoms with Crippen molar-refractivity contribution in [3.05, 3.63) is 32.3 Å². The van der Waals surface area contributed by atoms with Gasteiger partial charge in [-0.3, -0.25) is 10.1 Å². The molecule has 1 aromatic carbocycles. The molecule has 0 saturated heterocycles. The average Bonchev–Trinajstić information content (AvgIpc) is 2.32. The van der Waals surface area contributed by atoms with E-state index in [4.69, 9.17) is 33.0 Å². The molecule has 0 amide bonds. The molecule has 0 aliphatic heterocycles. The number of hydrogen-bond donors (Lipinski definition) is 2. The molecule has 0 aliphatic carbocycles. The monoisotopic (exact) mass is 294 g/mol. The molecule has 0 radical (unpaired) electrons. The molecular weight excluding hydrogens is 283 g/mol.